The van der Waals surface area contributed by atoms with Gasteiger partial charge < -0.3 is 0 Å². The highest BCUT2D eigenvalue weighted by Gasteiger charge is 1.90. The molecule has 0 aliphatic rings. The lowest BCUT2D eigenvalue weighted by molar-refractivity contribution is 1.07. The molecule has 0 unspecified atom stereocenters. The number of hydrogen-bond donors (Lipinski definition) is 0. The minimum absolute atomic E-state index is 0.762. The van der Waals surface area contributed by atoms with Crippen molar-refractivity contribution in [3.63, 3.8) is 0 Å². The SMILES string of the molecule is [c]1cnnc2cccnc12. The molecule has 0 aromatic carbocycles. The molecule has 0 fully saturated rings. The van der Waals surface area contributed by atoms with Crippen LogP contribution < -0.4 is 0 Å². The molecule has 47 valence electrons. The molecule has 1 radical (unpaired) electrons. The van der Waals surface area contributed by atoms with Gasteiger partial charge in [0.25, 0.3) is 0 Å². The number of nitrogens with zero attached hydrogens (tertiary/aromatic N) is 3. The van der Waals surface area contributed by atoms with Crippen molar-refractivity contribution in [2.75, 3.05) is 0 Å². The van der Waals surface area contributed by atoms with Crippen LogP contribution in [0.4, 0.5) is 0 Å². The maximum Gasteiger partial charge on any atom is 0.112 e. The molecule has 3 nitrogen and oxygen atoms in total. The minimum Gasteiger partial charge on any atom is -0.254 e. The van der Waals surface area contributed by atoms with E-state index in [-0.39, 0.29) is 0 Å². The average Bonchev–Trinajstić information content (AvgIpc) is 2.05. The van der Waals surface area contributed by atoms with E-state index in [4.69, 9.17) is 0 Å². The third-order valence-electron chi connectivity index (χ3n) is 1.21. The van der Waals surface area contributed by atoms with Gasteiger partial charge in [-0.3, -0.25) is 4.98 Å². The largest absolute Gasteiger partial charge is 0.254 e. The highest BCUT2D eigenvalue weighted by Crippen LogP contribution is 2.01. The van der Waals surface area contributed by atoms with Crippen molar-refractivity contribution in [3.8, 4) is 0 Å². The summed E-state index contributed by atoms with van der Waals surface area (Å²) in [6.45, 7) is 0. The smallest absolute Gasteiger partial charge is 0.112 e. The fraction of sp³-hybridized carbons (Fsp3) is 0. The van der Waals surface area contributed by atoms with Gasteiger partial charge in [0.05, 0.1) is 6.20 Å². The zero-order chi connectivity index (χ0) is 6.81. The van der Waals surface area contributed by atoms with Gasteiger partial charge in [0, 0.05) is 12.3 Å². The van der Waals surface area contributed by atoms with Gasteiger partial charge in [0.15, 0.2) is 0 Å². The lowest BCUT2D eigenvalue weighted by atomic mass is 10.3. The second-order valence-corrected chi connectivity index (χ2v) is 1.86. The van der Waals surface area contributed by atoms with E-state index in [1.54, 1.807) is 6.20 Å². The standard InChI is InChI=1S/C7H4N3/c1-2-7-6(8-4-1)3-5-9-10-7/h1-2,4-5H. The van der Waals surface area contributed by atoms with Crippen molar-refractivity contribution >= 4 is 11.0 Å². The Morgan fingerprint density at radius 2 is 2.40 bits per heavy atom. The first-order valence-corrected chi connectivity index (χ1v) is 2.91. The Morgan fingerprint density at radius 1 is 1.40 bits per heavy atom. The quantitative estimate of drug-likeness (QED) is 0.530. The van der Waals surface area contributed by atoms with Crippen molar-refractivity contribution in [3.05, 3.63) is 30.6 Å². The molecular formula is C7H4N3. The number of hydrogen-bond acceptors (Lipinski definition) is 3. The van der Waals surface area contributed by atoms with E-state index in [0.717, 1.165) is 11.0 Å². The average molecular weight is 130 g/mol. The first-order valence-electron chi connectivity index (χ1n) is 2.91. The summed E-state index contributed by atoms with van der Waals surface area (Å²) >= 11 is 0. The monoisotopic (exact) mass is 130 g/mol. The van der Waals surface area contributed by atoms with Gasteiger partial charge in [-0.05, 0) is 12.1 Å². The van der Waals surface area contributed by atoms with Crippen LogP contribution in [0.3, 0.4) is 0 Å². The van der Waals surface area contributed by atoms with Crippen LogP contribution in [0.5, 0.6) is 0 Å². The van der Waals surface area contributed by atoms with E-state index in [0.29, 0.717) is 0 Å². The molecule has 2 aromatic rings. The summed E-state index contributed by atoms with van der Waals surface area (Å²) in [5, 5.41) is 7.50. The minimum atomic E-state index is 0.762. The number of rotatable bonds is 0. The fourth-order valence-corrected chi connectivity index (χ4v) is 0.770. The first-order chi connectivity index (χ1) is 4.97. The number of pyridine rings is 1. The summed E-state index contributed by atoms with van der Waals surface area (Å²) in [6.07, 6.45) is 3.22. The van der Waals surface area contributed by atoms with Crippen molar-refractivity contribution in [2.24, 2.45) is 0 Å². The van der Waals surface area contributed by atoms with Gasteiger partial charge in [-0.25, -0.2) is 0 Å². The highest BCUT2D eigenvalue weighted by molar-refractivity contribution is 5.71. The van der Waals surface area contributed by atoms with E-state index in [1.807, 2.05) is 12.1 Å². The topological polar surface area (TPSA) is 38.7 Å². The molecule has 3 heteroatoms. The molecule has 0 bridgehead atoms. The zero-order valence-corrected chi connectivity index (χ0v) is 5.15. The van der Waals surface area contributed by atoms with Crippen LogP contribution in [0.2, 0.25) is 0 Å². The predicted octanol–water partition coefficient (Wildman–Crippen LogP) is 0.825. The van der Waals surface area contributed by atoms with Crippen molar-refractivity contribution in [1.29, 1.82) is 0 Å². The summed E-state index contributed by atoms with van der Waals surface area (Å²) in [6, 6.07) is 6.54. The van der Waals surface area contributed by atoms with Crippen molar-refractivity contribution in [1.82, 2.24) is 15.2 Å². The van der Waals surface area contributed by atoms with Crippen LogP contribution in [0, 0.1) is 6.07 Å². The van der Waals surface area contributed by atoms with E-state index in [9.17, 15) is 0 Å². The summed E-state index contributed by atoms with van der Waals surface area (Å²) < 4.78 is 0. The summed E-state index contributed by atoms with van der Waals surface area (Å²) in [4.78, 5) is 4.02. The third kappa shape index (κ3) is 0.719. The van der Waals surface area contributed by atoms with Crippen LogP contribution in [0.25, 0.3) is 11.0 Å². The van der Waals surface area contributed by atoms with Gasteiger partial charge in [-0.15, -0.1) is 5.10 Å². The lowest BCUT2D eigenvalue weighted by Crippen LogP contribution is -1.83. The fourth-order valence-electron chi connectivity index (χ4n) is 0.770. The molecule has 0 N–H and O–H groups in total. The van der Waals surface area contributed by atoms with E-state index < -0.39 is 0 Å². The first kappa shape index (κ1) is 5.29. The van der Waals surface area contributed by atoms with Crippen LogP contribution in [0.1, 0.15) is 0 Å². The molecule has 2 heterocycles. The Bertz CT molecular complexity index is 280. The molecule has 10 heavy (non-hydrogen) atoms. The summed E-state index contributed by atoms with van der Waals surface area (Å²) in [7, 11) is 0. The molecule has 0 saturated carbocycles. The molecule has 0 aliphatic carbocycles. The number of aromatic nitrogens is 3. The van der Waals surface area contributed by atoms with E-state index in [2.05, 4.69) is 21.2 Å². The van der Waals surface area contributed by atoms with Gasteiger partial charge in [-0.2, -0.15) is 5.10 Å². The van der Waals surface area contributed by atoms with Gasteiger partial charge in [0.1, 0.15) is 11.0 Å². The van der Waals surface area contributed by atoms with E-state index >= 15 is 0 Å². The Balaban J connectivity index is 2.89. The molecule has 0 saturated heterocycles. The van der Waals surface area contributed by atoms with Crippen molar-refractivity contribution < 1.29 is 0 Å². The van der Waals surface area contributed by atoms with Gasteiger partial charge in [-0.1, -0.05) is 0 Å². The molecule has 2 rings (SSSR count). The van der Waals surface area contributed by atoms with Crippen molar-refractivity contribution in [2.45, 2.75) is 0 Å². The highest BCUT2D eigenvalue weighted by atomic mass is 15.1. The van der Waals surface area contributed by atoms with Crippen LogP contribution in [0.15, 0.2) is 24.5 Å². The molecule has 0 spiro atoms. The Morgan fingerprint density at radius 3 is 3.30 bits per heavy atom. The number of fused-ring (bicyclic) bond motifs is 1. The molecule has 0 aliphatic heterocycles. The molecule has 0 atom stereocenters. The van der Waals surface area contributed by atoms with Crippen LogP contribution in [-0.2, 0) is 0 Å². The second kappa shape index (κ2) is 2.02. The zero-order valence-electron chi connectivity index (χ0n) is 5.15. The van der Waals surface area contributed by atoms with Crippen LogP contribution >= 0.6 is 0 Å². The summed E-state index contributed by atoms with van der Waals surface area (Å²) in [5.41, 5.74) is 1.54. The Hall–Kier alpha value is -1.51. The molecule has 0 amide bonds. The van der Waals surface area contributed by atoms with Crippen LogP contribution in [-0.4, -0.2) is 15.2 Å². The van der Waals surface area contributed by atoms with Gasteiger partial charge in [0.2, 0.25) is 0 Å². The molecule has 2 aromatic heterocycles. The lowest BCUT2D eigenvalue weighted by Gasteiger charge is -1.88. The maximum absolute atomic E-state index is 4.02. The Kier molecular flexibility index (Phi) is 1.07. The predicted molar refractivity (Wildman–Crippen MR) is 36.2 cm³/mol. The normalized spacial score (nSPS) is 10.0. The molecular weight excluding hydrogens is 126 g/mol. The summed E-state index contributed by atoms with van der Waals surface area (Å²) in [5.74, 6) is 0. The van der Waals surface area contributed by atoms with Gasteiger partial charge >= 0.3 is 0 Å². The second-order valence-electron chi connectivity index (χ2n) is 1.86. The Labute approximate surface area is 57.7 Å². The van der Waals surface area contributed by atoms with E-state index in [1.165, 1.54) is 6.20 Å². The third-order valence-corrected chi connectivity index (χ3v) is 1.21. The maximum atomic E-state index is 4.02.